The van der Waals surface area contributed by atoms with Crippen LogP contribution in [0.25, 0.3) is 5.69 Å². The minimum absolute atomic E-state index is 0.129. The normalized spacial score (nSPS) is 11.9. The second kappa shape index (κ2) is 8.91. The van der Waals surface area contributed by atoms with Gasteiger partial charge in [-0.05, 0) is 43.9 Å². The first-order chi connectivity index (χ1) is 13.9. The van der Waals surface area contributed by atoms with Crippen LogP contribution in [0, 0.1) is 12.7 Å². The van der Waals surface area contributed by atoms with Crippen molar-refractivity contribution >= 4 is 29.5 Å². The molecule has 0 radical (unpaired) electrons. The van der Waals surface area contributed by atoms with Crippen molar-refractivity contribution in [1.82, 2.24) is 14.7 Å². The van der Waals surface area contributed by atoms with Gasteiger partial charge in [0.1, 0.15) is 11.6 Å². The topological polar surface area (TPSA) is 99.2 Å². The van der Waals surface area contributed by atoms with Gasteiger partial charge in [-0.2, -0.15) is 0 Å². The molecule has 0 aliphatic heterocycles. The van der Waals surface area contributed by atoms with E-state index in [1.54, 1.807) is 30.7 Å². The smallest absolute Gasteiger partial charge is 0.357 e. The highest BCUT2D eigenvalue weighted by atomic mass is 32.2. The van der Waals surface area contributed by atoms with Gasteiger partial charge in [-0.1, -0.05) is 23.8 Å². The van der Waals surface area contributed by atoms with Gasteiger partial charge < -0.3 is 14.6 Å². The standard InChI is InChI=1S/C19H19FN4O4S/c1-4-15(17(25)22-16-9-11(2)28-23-16)27-18(26)14-10-21-19(29-3)24(14)13-7-5-12(20)6-8-13/h5-10,15H,4H2,1-3H3,(H,22,23,25)/t15-/m1/s1. The van der Waals surface area contributed by atoms with Crippen LogP contribution >= 0.6 is 11.8 Å². The van der Waals surface area contributed by atoms with Crippen LogP contribution in [-0.2, 0) is 9.53 Å². The summed E-state index contributed by atoms with van der Waals surface area (Å²) in [6.07, 6.45) is 2.39. The highest BCUT2D eigenvalue weighted by Crippen LogP contribution is 2.23. The van der Waals surface area contributed by atoms with Crippen LogP contribution in [0.3, 0.4) is 0 Å². The Hall–Kier alpha value is -3.14. The van der Waals surface area contributed by atoms with E-state index in [0.29, 0.717) is 16.6 Å². The molecule has 29 heavy (non-hydrogen) atoms. The van der Waals surface area contributed by atoms with Crippen LogP contribution in [0.15, 0.2) is 46.2 Å². The van der Waals surface area contributed by atoms with E-state index in [9.17, 15) is 14.0 Å². The monoisotopic (exact) mass is 418 g/mol. The largest absolute Gasteiger partial charge is 0.448 e. The Morgan fingerprint density at radius 2 is 2.07 bits per heavy atom. The van der Waals surface area contributed by atoms with E-state index >= 15 is 0 Å². The van der Waals surface area contributed by atoms with Gasteiger partial charge in [-0.15, -0.1) is 0 Å². The van der Waals surface area contributed by atoms with Gasteiger partial charge in [0.2, 0.25) is 0 Å². The van der Waals surface area contributed by atoms with Gasteiger partial charge in [0.05, 0.1) is 6.20 Å². The summed E-state index contributed by atoms with van der Waals surface area (Å²) in [5.41, 5.74) is 0.681. The number of anilines is 1. The molecule has 2 heterocycles. The van der Waals surface area contributed by atoms with Gasteiger partial charge in [-0.25, -0.2) is 14.2 Å². The molecule has 0 bridgehead atoms. The number of aromatic nitrogens is 3. The molecule has 2 aromatic heterocycles. The maximum atomic E-state index is 13.3. The molecule has 8 nitrogen and oxygen atoms in total. The molecule has 0 aliphatic carbocycles. The van der Waals surface area contributed by atoms with Crippen LogP contribution in [0.4, 0.5) is 10.2 Å². The van der Waals surface area contributed by atoms with Gasteiger partial charge in [-0.3, -0.25) is 9.36 Å². The molecule has 3 rings (SSSR count). The van der Waals surface area contributed by atoms with Crippen molar-refractivity contribution in [3.8, 4) is 5.69 Å². The lowest BCUT2D eigenvalue weighted by molar-refractivity contribution is -0.124. The second-order valence-corrected chi connectivity index (χ2v) is 6.83. The van der Waals surface area contributed by atoms with E-state index in [2.05, 4.69) is 15.5 Å². The fourth-order valence-electron chi connectivity index (χ4n) is 2.61. The first-order valence-corrected chi connectivity index (χ1v) is 9.98. The molecule has 0 fully saturated rings. The van der Waals surface area contributed by atoms with Gasteiger partial charge in [0, 0.05) is 11.8 Å². The number of hydrogen-bond acceptors (Lipinski definition) is 7. The highest BCUT2D eigenvalue weighted by Gasteiger charge is 2.26. The lowest BCUT2D eigenvalue weighted by Crippen LogP contribution is -2.32. The summed E-state index contributed by atoms with van der Waals surface area (Å²) in [4.78, 5) is 29.4. The van der Waals surface area contributed by atoms with Gasteiger partial charge >= 0.3 is 5.97 Å². The third kappa shape index (κ3) is 4.65. The number of carbonyl (C=O) groups excluding carboxylic acids is 2. The van der Waals surface area contributed by atoms with Crippen molar-refractivity contribution in [2.24, 2.45) is 0 Å². The molecule has 1 aromatic carbocycles. The summed E-state index contributed by atoms with van der Waals surface area (Å²) in [6.45, 7) is 3.41. The number of halogens is 1. The van der Waals surface area contributed by atoms with Crippen molar-refractivity contribution in [3.05, 3.63) is 53.8 Å². The molecule has 0 saturated carbocycles. The minimum atomic E-state index is -1.03. The molecule has 152 valence electrons. The maximum absolute atomic E-state index is 13.3. The Kier molecular flexibility index (Phi) is 6.32. The van der Waals surface area contributed by atoms with E-state index in [0.717, 1.165) is 0 Å². The quantitative estimate of drug-likeness (QED) is 0.462. The number of benzene rings is 1. The van der Waals surface area contributed by atoms with Crippen molar-refractivity contribution in [1.29, 1.82) is 0 Å². The Labute approximate surface area is 170 Å². The molecular weight excluding hydrogens is 399 g/mol. The molecule has 1 atom stereocenters. The summed E-state index contributed by atoms with van der Waals surface area (Å²) in [7, 11) is 0. The summed E-state index contributed by atoms with van der Waals surface area (Å²) >= 11 is 1.32. The molecule has 0 saturated heterocycles. The number of esters is 1. The van der Waals surface area contributed by atoms with Crippen molar-refractivity contribution in [2.75, 3.05) is 11.6 Å². The first kappa shape index (κ1) is 20.6. The third-order valence-corrected chi connectivity index (χ3v) is 4.65. The predicted octanol–water partition coefficient (Wildman–Crippen LogP) is 3.60. The molecule has 0 unspecified atom stereocenters. The van der Waals surface area contributed by atoms with Crippen LogP contribution in [0.1, 0.15) is 29.6 Å². The summed E-state index contributed by atoms with van der Waals surface area (Å²) < 4.78 is 25.2. The Morgan fingerprint density at radius 1 is 1.34 bits per heavy atom. The number of carbonyl (C=O) groups is 2. The zero-order valence-electron chi connectivity index (χ0n) is 16.0. The van der Waals surface area contributed by atoms with E-state index in [4.69, 9.17) is 9.26 Å². The Balaban J connectivity index is 1.81. The fraction of sp³-hybridized carbons (Fsp3) is 0.263. The average Bonchev–Trinajstić information content (AvgIpc) is 3.32. The molecule has 10 heteroatoms. The van der Waals surface area contributed by atoms with E-state index < -0.39 is 23.8 Å². The number of nitrogens with one attached hydrogen (secondary N) is 1. The number of rotatable bonds is 7. The third-order valence-electron chi connectivity index (χ3n) is 4.00. The SMILES string of the molecule is CC[C@@H](OC(=O)c1cnc(SC)n1-c1ccc(F)cc1)C(=O)Nc1cc(C)on1. The van der Waals surface area contributed by atoms with Crippen LogP contribution in [0.5, 0.6) is 0 Å². The molecule has 3 aromatic rings. The average molecular weight is 418 g/mol. The van der Waals surface area contributed by atoms with Crippen molar-refractivity contribution in [2.45, 2.75) is 31.5 Å². The van der Waals surface area contributed by atoms with Crippen LogP contribution in [-0.4, -0.2) is 38.9 Å². The highest BCUT2D eigenvalue weighted by molar-refractivity contribution is 7.98. The Morgan fingerprint density at radius 3 is 2.66 bits per heavy atom. The first-order valence-electron chi connectivity index (χ1n) is 8.75. The van der Waals surface area contributed by atoms with Crippen molar-refractivity contribution in [3.63, 3.8) is 0 Å². The zero-order valence-corrected chi connectivity index (χ0v) is 16.8. The number of amides is 1. The Bertz CT molecular complexity index is 1020. The molecule has 0 aliphatic rings. The fourth-order valence-corrected chi connectivity index (χ4v) is 3.15. The number of aryl methyl sites for hydroxylation is 1. The molecule has 1 amide bonds. The zero-order chi connectivity index (χ0) is 21.0. The lowest BCUT2D eigenvalue weighted by Gasteiger charge is -2.16. The number of nitrogens with zero attached hydrogens (tertiary/aromatic N) is 3. The van der Waals surface area contributed by atoms with E-state index in [1.165, 1.54) is 42.2 Å². The van der Waals surface area contributed by atoms with Crippen LogP contribution < -0.4 is 5.32 Å². The molecular formula is C19H19FN4O4S. The summed E-state index contributed by atoms with van der Waals surface area (Å²) in [6, 6.07) is 7.20. The van der Waals surface area contributed by atoms with Gasteiger partial charge in [0.15, 0.2) is 22.8 Å². The second-order valence-electron chi connectivity index (χ2n) is 6.06. The van der Waals surface area contributed by atoms with Crippen molar-refractivity contribution < 1.29 is 23.2 Å². The number of thioether (sulfide) groups is 1. The van der Waals surface area contributed by atoms with Crippen LogP contribution in [0.2, 0.25) is 0 Å². The number of imidazole rings is 1. The minimum Gasteiger partial charge on any atom is -0.448 e. The van der Waals surface area contributed by atoms with E-state index in [-0.39, 0.29) is 17.9 Å². The predicted molar refractivity (Wildman–Crippen MR) is 105 cm³/mol. The maximum Gasteiger partial charge on any atom is 0.357 e. The van der Waals surface area contributed by atoms with Gasteiger partial charge in [0.25, 0.3) is 5.91 Å². The summed E-state index contributed by atoms with van der Waals surface area (Å²) in [5, 5.41) is 6.77. The number of hydrogen-bond donors (Lipinski definition) is 1. The van der Waals surface area contributed by atoms with E-state index in [1.807, 2.05) is 0 Å². The number of ether oxygens (including phenoxy) is 1. The molecule has 0 spiro atoms. The summed E-state index contributed by atoms with van der Waals surface area (Å²) in [5.74, 6) is -0.858. The lowest BCUT2D eigenvalue weighted by atomic mass is 10.2. The molecule has 1 N–H and O–H groups in total.